The number of hydrogen-bond acceptors (Lipinski definition) is 2. The van der Waals surface area contributed by atoms with Gasteiger partial charge in [-0.25, -0.2) is 0 Å². The van der Waals surface area contributed by atoms with Gasteiger partial charge in [0.05, 0.1) is 0 Å². The van der Waals surface area contributed by atoms with Crippen molar-refractivity contribution in [3.8, 4) is 0 Å². The summed E-state index contributed by atoms with van der Waals surface area (Å²) >= 11 is 0. The molecule has 1 fully saturated rings. The largest absolute Gasteiger partial charge is 0.303 e. The summed E-state index contributed by atoms with van der Waals surface area (Å²) in [5.74, 6) is 0.851. The molecule has 4 rings (SSSR count). The number of fused-ring (bicyclic) bond motifs is 1. The van der Waals surface area contributed by atoms with E-state index in [4.69, 9.17) is 0 Å². The second-order valence-electron chi connectivity index (χ2n) is 7.54. The molecule has 26 heavy (non-hydrogen) atoms. The van der Waals surface area contributed by atoms with Crippen molar-refractivity contribution in [2.45, 2.75) is 32.1 Å². The number of benzene rings is 2. The van der Waals surface area contributed by atoms with Crippen LogP contribution in [0.1, 0.15) is 30.5 Å². The quantitative estimate of drug-likeness (QED) is 0.617. The van der Waals surface area contributed by atoms with Gasteiger partial charge in [0, 0.05) is 23.8 Å². The van der Waals surface area contributed by atoms with Gasteiger partial charge in [-0.15, -0.1) is 0 Å². The molecule has 0 aliphatic carbocycles. The van der Waals surface area contributed by atoms with Crippen LogP contribution in [0.2, 0.25) is 0 Å². The van der Waals surface area contributed by atoms with Gasteiger partial charge in [0.2, 0.25) is 0 Å². The molecule has 1 aliphatic rings. The first kappa shape index (κ1) is 17.2. The third-order valence-corrected chi connectivity index (χ3v) is 5.81. The SMILES string of the molecule is c1ccc(CCN2CCC(CCc3nccc4ccccc34)CC2)cc1. The normalized spacial score (nSPS) is 16.2. The monoisotopic (exact) mass is 344 g/mol. The van der Waals surface area contributed by atoms with Crippen LogP contribution in [0.5, 0.6) is 0 Å². The van der Waals surface area contributed by atoms with Crippen LogP contribution in [0.3, 0.4) is 0 Å². The molecule has 2 heteroatoms. The first-order valence-corrected chi connectivity index (χ1v) is 9.97. The van der Waals surface area contributed by atoms with Gasteiger partial charge < -0.3 is 4.90 Å². The molecular formula is C24H28N2. The fourth-order valence-corrected chi connectivity index (χ4v) is 4.15. The van der Waals surface area contributed by atoms with Gasteiger partial charge in [-0.05, 0) is 68.1 Å². The van der Waals surface area contributed by atoms with E-state index in [1.807, 2.05) is 6.20 Å². The molecular weight excluding hydrogens is 316 g/mol. The molecule has 0 amide bonds. The Bertz CT molecular complexity index is 814. The highest BCUT2D eigenvalue weighted by Gasteiger charge is 2.19. The van der Waals surface area contributed by atoms with Crippen molar-refractivity contribution in [1.82, 2.24) is 9.88 Å². The molecule has 2 heterocycles. The molecule has 1 saturated heterocycles. The zero-order valence-electron chi connectivity index (χ0n) is 15.5. The van der Waals surface area contributed by atoms with Crippen molar-refractivity contribution in [1.29, 1.82) is 0 Å². The second-order valence-corrected chi connectivity index (χ2v) is 7.54. The molecule has 1 aliphatic heterocycles. The van der Waals surface area contributed by atoms with E-state index < -0.39 is 0 Å². The summed E-state index contributed by atoms with van der Waals surface area (Å²) in [6.07, 6.45) is 8.18. The van der Waals surface area contributed by atoms with E-state index in [0.29, 0.717) is 0 Å². The predicted octanol–water partition coefficient (Wildman–Crippen LogP) is 5.12. The van der Waals surface area contributed by atoms with Crippen LogP contribution in [-0.4, -0.2) is 29.5 Å². The van der Waals surface area contributed by atoms with E-state index in [-0.39, 0.29) is 0 Å². The average Bonchev–Trinajstić information content (AvgIpc) is 2.72. The number of likely N-dealkylation sites (tertiary alicyclic amines) is 1. The Balaban J connectivity index is 1.25. The molecule has 2 nitrogen and oxygen atoms in total. The number of hydrogen-bond donors (Lipinski definition) is 0. The van der Waals surface area contributed by atoms with Gasteiger partial charge in [0.1, 0.15) is 0 Å². The van der Waals surface area contributed by atoms with Crippen LogP contribution in [0, 0.1) is 5.92 Å². The van der Waals surface area contributed by atoms with Crippen molar-refractivity contribution in [3.63, 3.8) is 0 Å². The first-order valence-electron chi connectivity index (χ1n) is 9.97. The third kappa shape index (κ3) is 4.31. The molecule has 0 bridgehead atoms. The van der Waals surface area contributed by atoms with Crippen LogP contribution in [-0.2, 0) is 12.8 Å². The van der Waals surface area contributed by atoms with Gasteiger partial charge >= 0.3 is 0 Å². The molecule has 0 spiro atoms. The van der Waals surface area contributed by atoms with Crippen LogP contribution >= 0.6 is 0 Å². The van der Waals surface area contributed by atoms with Crippen LogP contribution in [0.15, 0.2) is 66.9 Å². The van der Waals surface area contributed by atoms with Crippen molar-refractivity contribution in [3.05, 3.63) is 78.1 Å². The number of aromatic nitrogens is 1. The highest BCUT2D eigenvalue weighted by atomic mass is 15.1. The van der Waals surface area contributed by atoms with Gasteiger partial charge in [0.15, 0.2) is 0 Å². The average molecular weight is 345 g/mol. The van der Waals surface area contributed by atoms with E-state index >= 15 is 0 Å². The number of aryl methyl sites for hydroxylation is 1. The third-order valence-electron chi connectivity index (χ3n) is 5.81. The minimum absolute atomic E-state index is 0.851. The zero-order chi connectivity index (χ0) is 17.6. The number of rotatable bonds is 6. The lowest BCUT2D eigenvalue weighted by Crippen LogP contribution is -2.35. The van der Waals surface area contributed by atoms with Crippen LogP contribution in [0.25, 0.3) is 10.8 Å². The van der Waals surface area contributed by atoms with Gasteiger partial charge in [-0.3, -0.25) is 4.98 Å². The van der Waals surface area contributed by atoms with Gasteiger partial charge in [-0.1, -0.05) is 54.6 Å². The maximum atomic E-state index is 4.66. The maximum absolute atomic E-state index is 4.66. The van der Waals surface area contributed by atoms with Crippen molar-refractivity contribution < 1.29 is 0 Å². The lowest BCUT2D eigenvalue weighted by atomic mass is 9.90. The van der Waals surface area contributed by atoms with Gasteiger partial charge in [-0.2, -0.15) is 0 Å². The second kappa shape index (κ2) is 8.46. The molecule has 134 valence electrons. The Labute approximate surface area is 156 Å². The number of piperidine rings is 1. The molecule has 2 aromatic carbocycles. The lowest BCUT2D eigenvalue weighted by molar-refractivity contribution is 0.181. The molecule has 0 atom stereocenters. The summed E-state index contributed by atoms with van der Waals surface area (Å²) < 4.78 is 0. The van der Waals surface area contributed by atoms with E-state index in [2.05, 4.69) is 70.5 Å². The Morgan fingerprint density at radius 2 is 1.62 bits per heavy atom. The molecule has 0 unspecified atom stereocenters. The van der Waals surface area contributed by atoms with Crippen LogP contribution in [0.4, 0.5) is 0 Å². The summed E-state index contributed by atoms with van der Waals surface area (Å²) in [5, 5.41) is 2.64. The van der Waals surface area contributed by atoms with E-state index in [1.165, 1.54) is 67.3 Å². The Kier molecular flexibility index (Phi) is 5.61. The molecule has 0 radical (unpaired) electrons. The van der Waals surface area contributed by atoms with Crippen molar-refractivity contribution in [2.75, 3.05) is 19.6 Å². The summed E-state index contributed by atoms with van der Waals surface area (Å²) in [7, 11) is 0. The Hall–Kier alpha value is -2.19. The van der Waals surface area contributed by atoms with Crippen molar-refractivity contribution in [2.24, 2.45) is 5.92 Å². The number of pyridine rings is 1. The van der Waals surface area contributed by atoms with Gasteiger partial charge in [0.25, 0.3) is 0 Å². The summed E-state index contributed by atoms with van der Waals surface area (Å²) in [5.41, 5.74) is 2.73. The molecule has 0 N–H and O–H groups in total. The molecule has 3 aromatic rings. The molecule has 1 aromatic heterocycles. The minimum atomic E-state index is 0.851. The fourth-order valence-electron chi connectivity index (χ4n) is 4.15. The summed E-state index contributed by atoms with van der Waals surface area (Å²) in [6, 6.07) is 21.6. The number of nitrogens with zero attached hydrogens (tertiary/aromatic N) is 2. The Morgan fingerprint density at radius 3 is 2.46 bits per heavy atom. The molecule has 0 saturated carbocycles. The fraction of sp³-hybridized carbons (Fsp3) is 0.375. The highest BCUT2D eigenvalue weighted by Crippen LogP contribution is 2.24. The van der Waals surface area contributed by atoms with Crippen molar-refractivity contribution >= 4 is 10.8 Å². The predicted molar refractivity (Wildman–Crippen MR) is 109 cm³/mol. The topological polar surface area (TPSA) is 16.1 Å². The summed E-state index contributed by atoms with van der Waals surface area (Å²) in [4.78, 5) is 7.30. The zero-order valence-corrected chi connectivity index (χ0v) is 15.5. The Morgan fingerprint density at radius 1 is 0.846 bits per heavy atom. The van der Waals surface area contributed by atoms with Crippen LogP contribution < -0.4 is 0 Å². The summed E-state index contributed by atoms with van der Waals surface area (Å²) in [6.45, 7) is 3.70. The maximum Gasteiger partial charge on any atom is 0.0481 e. The van der Waals surface area contributed by atoms with E-state index in [0.717, 1.165) is 12.3 Å². The van der Waals surface area contributed by atoms with E-state index in [9.17, 15) is 0 Å². The lowest BCUT2D eigenvalue weighted by Gasteiger charge is -2.32. The minimum Gasteiger partial charge on any atom is -0.303 e. The smallest absolute Gasteiger partial charge is 0.0481 e. The first-order chi connectivity index (χ1) is 12.9. The highest BCUT2D eigenvalue weighted by molar-refractivity contribution is 5.84. The standard InChI is InChI=1S/C24H28N2/c1-2-6-20(7-3-1)13-17-26-18-14-21(15-19-26)10-11-24-23-9-5-4-8-22(23)12-16-25-24/h1-9,12,16,21H,10-11,13-15,17-19H2. The van der Waals surface area contributed by atoms with E-state index in [1.54, 1.807) is 0 Å².